The van der Waals surface area contributed by atoms with Crippen molar-refractivity contribution < 1.29 is 18.7 Å². The predicted octanol–water partition coefficient (Wildman–Crippen LogP) is 5.48. The maximum atomic E-state index is 13.7. The summed E-state index contributed by atoms with van der Waals surface area (Å²) in [6.45, 7) is 0.251. The molecule has 0 saturated carbocycles. The third kappa shape index (κ3) is 3.76. The lowest BCUT2D eigenvalue weighted by Gasteiger charge is -2.20. The summed E-state index contributed by atoms with van der Waals surface area (Å²) in [5.41, 5.74) is 1.28. The van der Waals surface area contributed by atoms with Crippen LogP contribution in [0.4, 0.5) is 5.13 Å². The van der Waals surface area contributed by atoms with Crippen LogP contribution in [0.15, 0.2) is 64.1 Å². The van der Waals surface area contributed by atoms with Crippen LogP contribution < -0.4 is 14.4 Å². The number of fused-ring (bicyclic) bond motifs is 1. The van der Waals surface area contributed by atoms with E-state index in [0.717, 1.165) is 15.1 Å². The lowest BCUT2D eigenvalue weighted by Crippen LogP contribution is -2.30. The Morgan fingerprint density at radius 2 is 1.97 bits per heavy atom. The molecule has 4 rings (SSSR count). The summed E-state index contributed by atoms with van der Waals surface area (Å²) in [5, 5.41) is 0.595. The molecule has 154 valence electrons. The number of methoxy groups -OCH3 is 2. The van der Waals surface area contributed by atoms with E-state index in [-0.39, 0.29) is 12.5 Å². The second-order valence-electron chi connectivity index (χ2n) is 6.32. The standard InChI is InChI=1S/C22H20N2O4S2/c1-26-16-9-4-8-15(20(16)27-2)21(25)24(13-14-7-6-12-28-14)22-23-19-17(29-3)10-5-11-18(19)30-22/h4-12H,13H2,1-3H3. The summed E-state index contributed by atoms with van der Waals surface area (Å²) in [6, 6.07) is 14.9. The number of thiazole rings is 1. The van der Waals surface area contributed by atoms with Gasteiger partial charge in [0.2, 0.25) is 0 Å². The number of hydrogen-bond donors (Lipinski definition) is 0. The van der Waals surface area contributed by atoms with Gasteiger partial charge in [-0.1, -0.05) is 23.5 Å². The molecule has 1 amide bonds. The molecule has 30 heavy (non-hydrogen) atoms. The number of para-hydroxylation sites is 2. The zero-order valence-corrected chi connectivity index (χ0v) is 18.4. The minimum absolute atomic E-state index is 0.244. The molecule has 2 aromatic carbocycles. The maximum Gasteiger partial charge on any atom is 0.264 e. The fourth-order valence-corrected chi connectivity index (χ4v) is 4.80. The minimum Gasteiger partial charge on any atom is -0.493 e. The van der Waals surface area contributed by atoms with Gasteiger partial charge in [-0.15, -0.1) is 11.8 Å². The SMILES string of the molecule is COc1cccc(C(=O)N(Cc2ccco2)c2nc3c(SC)cccc3s2)c1OC. The van der Waals surface area contributed by atoms with Crippen molar-refractivity contribution in [3.05, 3.63) is 66.1 Å². The Labute approximate surface area is 182 Å². The topological polar surface area (TPSA) is 64.8 Å². The van der Waals surface area contributed by atoms with E-state index < -0.39 is 0 Å². The molecule has 2 heterocycles. The zero-order chi connectivity index (χ0) is 21.1. The Morgan fingerprint density at radius 3 is 2.67 bits per heavy atom. The van der Waals surface area contributed by atoms with Crippen LogP contribution >= 0.6 is 23.1 Å². The number of carbonyl (C=O) groups is 1. The average Bonchev–Trinajstić information content (AvgIpc) is 3.45. The first-order valence-corrected chi connectivity index (χ1v) is 11.2. The Balaban J connectivity index is 1.82. The molecule has 0 atom stereocenters. The summed E-state index contributed by atoms with van der Waals surface area (Å²) in [7, 11) is 3.07. The number of rotatable bonds is 7. The number of amides is 1. The van der Waals surface area contributed by atoms with Gasteiger partial charge >= 0.3 is 0 Å². The average molecular weight is 441 g/mol. The van der Waals surface area contributed by atoms with E-state index in [0.29, 0.717) is 28.0 Å². The highest BCUT2D eigenvalue weighted by Gasteiger charge is 2.27. The quantitative estimate of drug-likeness (QED) is 0.355. The number of carbonyl (C=O) groups excluding carboxylic acids is 1. The molecule has 0 N–H and O–H groups in total. The third-order valence-corrected chi connectivity index (χ3v) is 6.41. The number of aromatic nitrogens is 1. The van der Waals surface area contributed by atoms with Crippen LogP contribution in [-0.2, 0) is 6.54 Å². The number of thioether (sulfide) groups is 1. The molecule has 4 aromatic rings. The maximum absolute atomic E-state index is 13.7. The molecule has 8 heteroatoms. The van der Waals surface area contributed by atoms with Crippen molar-refractivity contribution in [3.63, 3.8) is 0 Å². The van der Waals surface area contributed by atoms with Gasteiger partial charge in [-0.25, -0.2) is 4.98 Å². The summed E-state index contributed by atoms with van der Waals surface area (Å²) < 4.78 is 17.4. The molecule has 0 radical (unpaired) electrons. The lowest BCUT2D eigenvalue weighted by molar-refractivity contribution is 0.0979. The summed E-state index contributed by atoms with van der Waals surface area (Å²) in [4.78, 5) is 21.1. The van der Waals surface area contributed by atoms with Gasteiger partial charge in [0.05, 0.1) is 42.8 Å². The number of benzene rings is 2. The van der Waals surface area contributed by atoms with Crippen LogP contribution in [0, 0.1) is 0 Å². The van der Waals surface area contributed by atoms with Crippen LogP contribution in [0.5, 0.6) is 11.5 Å². The Morgan fingerprint density at radius 1 is 1.13 bits per heavy atom. The highest BCUT2D eigenvalue weighted by molar-refractivity contribution is 7.98. The van der Waals surface area contributed by atoms with E-state index >= 15 is 0 Å². The number of furan rings is 1. The molecule has 2 aromatic heterocycles. The van der Waals surface area contributed by atoms with Crippen molar-refractivity contribution in [2.24, 2.45) is 0 Å². The van der Waals surface area contributed by atoms with E-state index in [2.05, 4.69) is 0 Å². The summed E-state index contributed by atoms with van der Waals surface area (Å²) in [6.07, 6.45) is 3.61. The second kappa shape index (κ2) is 8.81. The van der Waals surface area contributed by atoms with Gasteiger partial charge in [-0.05, 0) is 42.7 Å². The smallest absolute Gasteiger partial charge is 0.264 e. The first-order valence-electron chi connectivity index (χ1n) is 9.15. The van der Waals surface area contributed by atoms with Crippen LogP contribution in [-0.4, -0.2) is 31.4 Å². The van der Waals surface area contributed by atoms with Gasteiger partial charge in [0.1, 0.15) is 5.76 Å². The monoisotopic (exact) mass is 440 g/mol. The molecule has 0 spiro atoms. The molecular weight excluding hydrogens is 420 g/mol. The van der Waals surface area contributed by atoms with Gasteiger partial charge in [-0.3, -0.25) is 9.69 Å². The zero-order valence-electron chi connectivity index (χ0n) is 16.7. The first-order chi connectivity index (χ1) is 14.7. The molecule has 0 aliphatic carbocycles. The van der Waals surface area contributed by atoms with Gasteiger partial charge in [0, 0.05) is 4.90 Å². The number of hydrogen-bond acceptors (Lipinski definition) is 7. The fourth-order valence-electron chi connectivity index (χ4n) is 3.18. The minimum atomic E-state index is -0.244. The van der Waals surface area contributed by atoms with Crippen molar-refractivity contribution in [2.75, 3.05) is 25.4 Å². The summed E-state index contributed by atoms with van der Waals surface area (Å²) >= 11 is 3.10. The van der Waals surface area contributed by atoms with Gasteiger partial charge in [0.25, 0.3) is 5.91 Å². The van der Waals surface area contributed by atoms with E-state index in [1.807, 2.05) is 30.5 Å². The van der Waals surface area contributed by atoms with Gasteiger partial charge in [-0.2, -0.15) is 0 Å². The van der Waals surface area contributed by atoms with Crippen molar-refractivity contribution in [2.45, 2.75) is 11.4 Å². The Hall–Kier alpha value is -2.97. The lowest BCUT2D eigenvalue weighted by atomic mass is 10.1. The van der Waals surface area contributed by atoms with Gasteiger partial charge < -0.3 is 13.9 Å². The molecule has 0 aliphatic rings. The second-order valence-corrected chi connectivity index (χ2v) is 8.17. The molecule has 0 aliphatic heterocycles. The fraction of sp³-hybridized carbons (Fsp3) is 0.182. The summed E-state index contributed by atoms with van der Waals surface area (Å²) in [5.74, 6) is 1.30. The van der Waals surface area contributed by atoms with Crippen molar-refractivity contribution >= 4 is 44.4 Å². The van der Waals surface area contributed by atoms with E-state index in [1.54, 1.807) is 54.3 Å². The van der Waals surface area contributed by atoms with Crippen LogP contribution in [0.2, 0.25) is 0 Å². The Bertz CT molecular complexity index is 1170. The normalized spacial score (nSPS) is 10.9. The first kappa shape index (κ1) is 20.3. The van der Waals surface area contributed by atoms with E-state index in [1.165, 1.54) is 18.4 Å². The molecule has 0 fully saturated rings. The molecule has 0 unspecified atom stereocenters. The highest BCUT2D eigenvalue weighted by atomic mass is 32.2. The molecule has 6 nitrogen and oxygen atoms in total. The molecular formula is C22H20N2O4S2. The molecule has 0 saturated heterocycles. The predicted molar refractivity (Wildman–Crippen MR) is 120 cm³/mol. The van der Waals surface area contributed by atoms with Crippen LogP contribution in [0.25, 0.3) is 10.2 Å². The third-order valence-electron chi connectivity index (χ3n) is 4.59. The van der Waals surface area contributed by atoms with Crippen LogP contribution in [0.1, 0.15) is 16.1 Å². The van der Waals surface area contributed by atoms with Gasteiger partial charge in [0.15, 0.2) is 16.6 Å². The van der Waals surface area contributed by atoms with E-state index in [4.69, 9.17) is 18.9 Å². The number of nitrogens with zero attached hydrogens (tertiary/aromatic N) is 2. The highest BCUT2D eigenvalue weighted by Crippen LogP contribution is 2.37. The Kier molecular flexibility index (Phi) is 5.96. The molecule has 0 bridgehead atoms. The van der Waals surface area contributed by atoms with Crippen molar-refractivity contribution in [1.29, 1.82) is 0 Å². The van der Waals surface area contributed by atoms with Crippen molar-refractivity contribution in [3.8, 4) is 11.5 Å². The van der Waals surface area contributed by atoms with Crippen LogP contribution in [0.3, 0.4) is 0 Å². The number of anilines is 1. The largest absolute Gasteiger partial charge is 0.493 e. The number of ether oxygens (including phenoxy) is 2. The van der Waals surface area contributed by atoms with E-state index in [9.17, 15) is 4.79 Å². The van der Waals surface area contributed by atoms with Crippen molar-refractivity contribution in [1.82, 2.24) is 4.98 Å².